The molecule has 6 aromatic carbocycles. The maximum atomic E-state index is 2.45. The molecule has 50 heavy (non-hydrogen) atoms. The summed E-state index contributed by atoms with van der Waals surface area (Å²) in [5, 5.41) is 5.04. The monoisotopic (exact) mass is 636 g/mol. The molecule has 8 aromatic rings. The van der Waals surface area contributed by atoms with Crippen LogP contribution in [0.3, 0.4) is 0 Å². The number of allylic oxidation sites excluding steroid dienone is 4. The van der Waals surface area contributed by atoms with E-state index >= 15 is 0 Å². The predicted octanol–water partition coefficient (Wildman–Crippen LogP) is 8.85. The maximum Gasteiger partial charge on any atom is 0.322 e. The zero-order chi connectivity index (χ0) is 32.8. The Morgan fingerprint density at radius 2 is 0.840 bits per heavy atom. The highest BCUT2D eigenvalue weighted by atomic mass is 15.1. The number of hydrogen-bond donors (Lipinski definition) is 0. The van der Waals surface area contributed by atoms with Crippen LogP contribution in [-0.4, -0.2) is 22.8 Å². The Labute approximate surface area is 291 Å². The van der Waals surface area contributed by atoms with Crippen molar-refractivity contribution in [1.82, 2.24) is 9.13 Å². The molecule has 0 unspecified atom stereocenters. The SMILES string of the molecule is C1=CB2c3ccc(-n4c5ccccc5c5cc(-n6c7ccccc7c7ccccc76)ccc54)cc3N3C=CC=CB3c3ccccc3N2C=C1. The van der Waals surface area contributed by atoms with Crippen molar-refractivity contribution < 1.29 is 0 Å². The molecular formula is C44H30B2N4. The lowest BCUT2D eigenvalue weighted by atomic mass is 9.46. The highest BCUT2D eigenvalue weighted by Gasteiger charge is 2.37. The van der Waals surface area contributed by atoms with Gasteiger partial charge in [0.25, 0.3) is 0 Å². The minimum Gasteiger partial charge on any atom is -0.384 e. The van der Waals surface area contributed by atoms with Crippen molar-refractivity contribution in [3.8, 4) is 11.4 Å². The number of rotatable bonds is 2. The summed E-state index contributed by atoms with van der Waals surface area (Å²) in [5.74, 6) is 4.63. The third-order valence-corrected chi connectivity index (χ3v) is 10.8. The number of anilines is 2. The van der Waals surface area contributed by atoms with Gasteiger partial charge in [0.1, 0.15) is 0 Å². The fourth-order valence-electron chi connectivity index (χ4n) is 8.66. The number of fused-ring (bicyclic) bond motifs is 14. The first-order chi connectivity index (χ1) is 24.8. The standard InChI is InChI=1S/C44H30B2N4/c1-5-17-39-33(13-1)34-14-2-6-18-40(34)49(39)31-22-24-42-36(29-31)35-15-3-7-19-41(35)50(42)32-21-23-38-44(30-32)48-28-12-10-25-45(48)37-16-4-8-20-43(37)47-27-11-9-26-46(38)47/h1-30H. The molecule has 0 amide bonds. The number of hydrogen-bond acceptors (Lipinski definition) is 2. The van der Waals surface area contributed by atoms with E-state index < -0.39 is 0 Å². The Balaban J connectivity index is 1.14. The largest absolute Gasteiger partial charge is 0.384 e. The quantitative estimate of drug-likeness (QED) is 0.176. The molecule has 0 fully saturated rings. The third-order valence-electron chi connectivity index (χ3n) is 10.8. The van der Waals surface area contributed by atoms with Gasteiger partial charge in [-0.15, -0.1) is 0 Å². The molecule has 232 valence electrons. The van der Waals surface area contributed by atoms with Crippen molar-refractivity contribution in [3.05, 3.63) is 182 Å². The molecule has 6 heteroatoms. The van der Waals surface area contributed by atoms with Crippen LogP contribution in [0.1, 0.15) is 0 Å². The fraction of sp³-hybridized carbons (Fsp3) is 0. The summed E-state index contributed by atoms with van der Waals surface area (Å²) in [6.45, 7) is 0.162. The van der Waals surface area contributed by atoms with Gasteiger partial charge in [-0.25, -0.2) is 0 Å². The Kier molecular flexibility index (Phi) is 5.81. The van der Waals surface area contributed by atoms with Crippen LogP contribution in [0.4, 0.5) is 11.4 Å². The van der Waals surface area contributed by atoms with Crippen molar-refractivity contribution in [2.75, 3.05) is 9.62 Å². The fourth-order valence-corrected chi connectivity index (χ4v) is 8.66. The van der Waals surface area contributed by atoms with Gasteiger partial charge in [0, 0.05) is 44.3 Å². The van der Waals surface area contributed by atoms with Crippen molar-refractivity contribution >= 4 is 79.6 Å². The highest BCUT2D eigenvalue weighted by molar-refractivity contribution is 6.88. The Morgan fingerprint density at radius 1 is 0.360 bits per heavy atom. The van der Waals surface area contributed by atoms with Gasteiger partial charge >= 0.3 is 13.7 Å². The van der Waals surface area contributed by atoms with Crippen LogP contribution in [-0.2, 0) is 0 Å². The number of benzene rings is 6. The first-order valence-corrected chi connectivity index (χ1v) is 17.4. The van der Waals surface area contributed by atoms with Gasteiger partial charge in [0.15, 0.2) is 0 Å². The van der Waals surface area contributed by atoms with Crippen LogP contribution in [0, 0.1) is 0 Å². The van der Waals surface area contributed by atoms with Gasteiger partial charge in [0.2, 0.25) is 0 Å². The second-order valence-corrected chi connectivity index (χ2v) is 13.4. The van der Waals surface area contributed by atoms with E-state index in [1.54, 1.807) is 0 Å². The number of para-hydroxylation sites is 4. The molecule has 4 nitrogen and oxygen atoms in total. The van der Waals surface area contributed by atoms with Crippen molar-refractivity contribution in [2.45, 2.75) is 0 Å². The van der Waals surface area contributed by atoms with Crippen LogP contribution >= 0.6 is 0 Å². The van der Waals surface area contributed by atoms with Crippen molar-refractivity contribution in [2.24, 2.45) is 0 Å². The molecular weight excluding hydrogens is 606 g/mol. The lowest BCUT2D eigenvalue weighted by Gasteiger charge is -2.40. The van der Waals surface area contributed by atoms with Crippen molar-refractivity contribution in [1.29, 1.82) is 0 Å². The minimum atomic E-state index is 0.0809. The average Bonchev–Trinajstić information content (AvgIpc) is 3.70. The summed E-state index contributed by atoms with van der Waals surface area (Å²) in [5.41, 5.74) is 12.2. The minimum absolute atomic E-state index is 0.0809. The molecule has 0 saturated carbocycles. The number of nitrogens with zero attached hydrogens (tertiary/aromatic N) is 4. The molecule has 0 saturated heterocycles. The van der Waals surface area contributed by atoms with E-state index in [4.69, 9.17) is 0 Å². The molecule has 0 aliphatic carbocycles. The molecule has 0 atom stereocenters. The molecule has 5 heterocycles. The van der Waals surface area contributed by atoms with E-state index in [-0.39, 0.29) is 13.7 Å². The summed E-state index contributed by atoms with van der Waals surface area (Å²) in [7, 11) is 0. The molecule has 2 aromatic heterocycles. The summed E-state index contributed by atoms with van der Waals surface area (Å²) in [4.78, 5) is 4.88. The number of aromatic nitrogens is 2. The van der Waals surface area contributed by atoms with Gasteiger partial charge in [-0.2, -0.15) is 0 Å². The van der Waals surface area contributed by atoms with Crippen LogP contribution in [0.15, 0.2) is 182 Å². The molecule has 0 radical (unpaired) electrons. The summed E-state index contributed by atoms with van der Waals surface area (Å²) in [6.07, 6.45) is 13.1. The normalized spacial score (nSPS) is 14.7. The van der Waals surface area contributed by atoms with E-state index in [2.05, 4.69) is 201 Å². The van der Waals surface area contributed by atoms with Gasteiger partial charge in [0.05, 0.1) is 22.1 Å². The lowest BCUT2D eigenvalue weighted by Crippen LogP contribution is -2.57. The Morgan fingerprint density at radius 3 is 1.50 bits per heavy atom. The average molecular weight is 636 g/mol. The smallest absolute Gasteiger partial charge is 0.322 e. The maximum absolute atomic E-state index is 2.45. The first kappa shape index (κ1) is 27.5. The molecule has 11 rings (SSSR count). The second kappa shape index (κ2) is 10.6. The topological polar surface area (TPSA) is 16.3 Å². The summed E-state index contributed by atoms with van der Waals surface area (Å²) < 4.78 is 4.86. The molecule has 0 bridgehead atoms. The summed E-state index contributed by atoms with van der Waals surface area (Å²) in [6, 6.07) is 49.1. The predicted molar refractivity (Wildman–Crippen MR) is 214 cm³/mol. The van der Waals surface area contributed by atoms with E-state index in [0.29, 0.717) is 0 Å². The van der Waals surface area contributed by atoms with Gasteiger partial charge in [-0.05, 0) is 90.1 Å². The molecule has 3 aliphatic rings. The van der Waals surface area contributed by atoms with E-state index in [0.717, 1.165) is 5.69 Å². The molecule has 3 aliphatic heterocycles. The molecule has 0 N–H and O–H groups in total. The Bertz CT molecular complexity index is 2760. The Hall–Kier alpha value is -6.39. The highest BCUT2D eigenvalue weighted by Crippen LogP contribution is 2.38. The zero-order valence-electron chi connectivity index (χ0n) is 27.3. The summed E-state index contributed by atoms with van der Waals surface area (Å²) >= 11 is 0. The molecule has 0 spiro atoms. The van der Waals surface area contributed by atoms with Crippen LogP contribution in [0.25, 0.3) is 55.0 Å². The third kappa shape index (κ3) is 3.84. The second-order valence-electron chi connectivity index (χ2n) is 13.4. The van der Waals surface area contributed by atoms with Crippen LogP contribution in [0.2, 0.25) is 0 Å². The van der Waals surface area contributed by atoms with Crippen LogP contribution in [0.5, 0.6) is 0 Å². The van der Waals surface area contributed by atoms with Gasteiger partial charge < -0.3 is 18.8 Å². The van der Waals surface area contributed by atoms with E-state index in [9.17, 15) is 0 Å². The van der Waals surface area contributed by atoms with E-state index in [1.165, 1.54) is 71.6 Å². The van der Waals surface area contributed by atoms with Crippen LogP contribution < -0.4 is 20.5 Å². The van der Waals surface area contributed by atoms with Gasteiger partial charge in [-0.1, -0.05) is 103 Å². The van der Waals surface area contributed by atoms with E-state index in [1.807, 2.05) is 0 Å². The lowest BCUT2D eigenvalue weighted by molar-refractivity contribution is 1.16. The zero-order valence-corrected chi connectivity index (χ0v) is 27.3. The van der Waals surface area contributed by atoms with Crippen molar-refractivity contribution in [3.63, 3.8) is 0 Å². The van der Waals surface area contributed by atoms with Gasteiger partial charge in [-0.3, -0.25) is 0 Å². The first-order valence-electron chi connectivity index (χ1n) is 17.4.